The zero-order valence-electron chi connectivity index (χ0n) is 14.4. The van der Waals surface area contributed by atoms with Gasteiger partial charge in [-0.25, -0.2) is 4.98 Å². The molecule has 0 bridgehead atoms. The van der Waals surface area contributed by atoms with Crippen molar-refractivity contribution in [3.8, 4) is 10.6 Å². The fourth-order valence-electron chi connectivity index (χ4n) is 3.26. The number of fused-ring (bicyclic) bond motifs is 1. The van der Waals surface area contributed by atoms with Gasteiger partial charge in [-0.3, -0.25) is 14.0 Å². The third-order valence-electron chi connectivity index (χ3n) is 4.53. The molecule has 1 saturated heterocycles. The van der Waals surface area contributed by atoms with Gasteiger partial charge >= 0.3 is 5.97 Å². The highest BCUT2D eigenvalue weighted by Crippen LogP contribution is 2.28. The van der Waals surface area contributed by atoms with Crippen LogP contribution in [0.4, 0.5) is 0 Å². The van der Waals surface area contributed by atoms with Crippen LogP contribution < -0.4 is 0 Å². The van der Waals surface area contributed by atoms with E-state index in [1.54, 1.807) is 23.2 Å². The number of aromatic nitrogens is 2. The molecule has 136 valence electrons. The number of ether oxygens (including phenoxy) is 1. The number of likely N-dealkylation sites (tertiary alicyclic amines) is 1. The van der Waals surface area contributed by atoms with Crippen molar-refractivity contribution in [2.24, 2.45) is 5.92 Å². The van der Waals surface area contributed by atoms with Crippen molar-refractivity contribution in [3.63, 3.8) is 0 Å². The van der Waals surface area contributed by atoms with E-state index in [4.69, 9.17) is 4.74 Å². The lowest BCUT2D eigenvalue weighted by molar-refractivity contribution is -0.149. The lowest BCUT2D eigenvalue weighted by atomic mass is 9.98. The Hall–Kier alpha value is -2.19. The average molecular weight is 390 g/mol. The SMILES string of the molecule is CCOC(=O)C1CCCN(C(=O)c2csc3nc(-c4cccs4)cn23)C1. The average Bonchev–Trinajstić information content (AvgIpc) is 3.37. The van der Waals surface area contributed by atoms with E-state index in [0.717, 1.165) is 28.4 Å². The molecule has 0 spiro atoms. The third-order valence-corrected chi connectivity index (χ3v) is 6.26. The summed E-state index contributed by atoms with van der Waals surface area (Å²) in [5.41, 5.74) is 1.48. The highest BCUT2D eigenvalue weighted by atomic mass is 32.1. The number of thiophene rings is 1. The number of carbonyl (C=O) groups is 2. The molecule has 1 unspecified atom stereocenters. The topological polar surface area (TPSA) is 63.9 Å². The Balaban J connectivity index is 1.57. The Kier molecular flexibility index (Phi) is 4.78. The molecule has 26 heavy (non-hydrogen) atoms. The third kappa shape index (κ3) is 3.14. The number of amides is 1. The van der Waals surface area contributed by atoms with Gasteiger partial charge in [-0.2, -0.15) is 0 Å². The molecule has 1 amide bonds. The summed E-state index contributed by atoms with van der Waals surface area (Å²) in [7, 11) is 0. The number of carbonyl (C=O) groups excluding carboxylic acids is 2. The summed E-state index contributed by atoms with van der Waals surface area (Å²) >= 11 is 3.08. The van der Waals surface area contributed by atoms with E-state index in [1.165, 1.54) is 11.3 Å². The number of thiazole rings is 1. The minimum absolute atomic E-state index is 0.0552. The summed E-state index contributed by atoms with van der Waals surface area (Å²) in [5, 5.41) is 3.86. The smallest absolute Gasteiger partial charge is 0.310 e. The highest BCUT2D eigenvalue weighted by molar-refractivity contribution is 7.15. The van der Waals surface area contributed by atoms with Gasteiger partial charge < -0.3 is 9.64 Å². The molecule has 0 aliphatic carbocycles. The number of nitrogens with zero attached hydrogens (tertiary/aromatic N) is 3. The molecule has 3 aromatic rings. The number of esters is 1. The second-order valence-corrected chi connectivity index (χ2v) is 8.00. The van der Waals surface area contributed by atoms with Gasteiger partial charge in [0.1, 0.15) is 11.4 Å². The molecule has 3 aromatic heterocycles. The largest absolute Gasteiger partial charge is 0.466 e. The van der Waals surface area contributed by atoms with Crippen LogP contribution in [0, 0.1) is 5.92 Å². The molecule has 4 rings (SSSR count). The van der Waals surface area contributed by atoms with Crippen molar-refractivity contribution in [1.29, 1.82) is 0 Å². The molecular formula is C18H19N3O3S2. The first-order chi connectivity index (χ1) is 12.7. The van der Waals surface area contributed by atoms with Crippen molar-refractivity contribution in [3.05, 3.63) is 34.8 Å². The molecule has 1 atom stereocenters. The Morgan fingerprint density at radius 1 is 1.38 bits per heavy atom. The molecule has 1 fully saturated rings. The summed E-state index contributed by atoms with van der Waals surface area (Å²) in [6, 6.07) is 4.01. The van der Waals surface area contributed by atoms with Crippen molar-refractivity contribution < 1.29 is 14.3 Å². The maximum Gasteiger partial charge on any atom is 0.310 e. The minimum atomic E-state index is -0.230. The van der Waals surface area contributed by atoms with E-state index in [-0.39, 0.29) is 17.8 Å². The first kappa shape index (κ1) is 17.2. The molecule has 0 saturated carbocycles. The lowest BCUT2D eigenvalue weighted by Crippen LogP contribution is -2.43. The Labute approximate surface area is 159 Å². The van der Waals surface area contributed by atoms with E-state index < -0.39 is 0 Å². The molecule has 6 nitrogen and oxygen atoms in total. The Bertz CT molecular complexity index is 929. The van der Waals surface area contributed by atoms with Gasteiger partial charge in [0.2, 0.25) is 0 Å². The number of imidazole rings is 1. The molecule has 0 N–H and O–H groups in total. The molecule has 1 aliphatic heterocycles. The van der Waals surface area contributed by atoms with Crippen molar-refractivity contribution >= 4 is 39.5 Å². The summed E-state index contributed by atoms with van der Waals surface area (Å²) < 4.78 is 6.98. The van der Waals surface area contributed by atoms with Crippen LogP contribution in [0.1, 0.15) is 30.3 Å². The van der Waals surface area contributed by atoms with Crippen LogP contribution in [-0.4, -0.2) is 45.9 Å². The highest BCUT2D eigenvalue weighted by Gasteiger charge is 2.31. The Morgan fingerprint density at radius 3 is 3.04 bits per heavy atom. The van der Waals surface area contributed by atoms with Gasteiger partial charge in [0, 0.05) is 24.7 Å². The summed E-state index contributed by atoms with van der Waals surface area (Å²) in [6.07, 6.45) is 3.50. The van der Waals surface area contributed by atoms with E-state index in [9.17, 15) is 9.59 Å². The van der Waals surface area contributed by atoms with Gasteiger partial charge in [0.25, 0.3) is 5.91 Å². The summed E-state index contributed by atoms with van der Waals surface area (Å²) in [5.74, 6) is -0.491. The number of hydrogen-bond acceptors (Lipinski definition) is 6. The van der Waals surface area contributed by atoms with Crippen LogP contribution >= 0.6 is 22.7 Å². The first-order valence-corrected chi connectivity index (χ1v) is 10.4. The first-order valence-electron chi connectivity index (χ1n) is 8.63. The van der Waals surface area contributed by atoms with Gasteiger partial charge in [-0.05, 0) is 31.2 Å². The van der Waals surface area contributed by atoms with E-state index in [1.807, 2.05) is 33.5 Å². The normalized spacial score (nSPS) is 17.6. The molecule has 1 aliphatic rings. The second-order valence-electron chi connectivity index (χ2n) is 6.22. The lowest BCUT2D eigenvalue weighted by Gasteiger charge is -2.31. The van der Waals surface area contributed by atoms with Crippen LogP contribution in [0.15, 0.2) is 29.1 Å². The second kappa shape index (κ2) is 7.20. The predicted molar refractivity (Wildman–Crippen MR) is 102 cm³/mol. The zero-order chi connectivity index (χ0) is 18.1. The molecule has 4 heterocycles. The van der Waals surface area contributed by atoms with Gasteiger partial charge in [0.05, 0.1) is 17.4 Å². The number of rotatable bonds is 4. The van der Waals surface area contributed by atoms with Gasteiger partial charge in [0.15, 0.2) is 4.96 Å². The molecular weight excluding hydrogens is 370 g/mol. The standard InChI is InChI=1S/C18H19N3O3S2/c1-2-24-17(23)12-5-3-7-20(9-12)16(22)14-11-26-18-19-13(10-21(14)18)15-6-4-8-25-15/h4,6,8,10-12H,2-3,5,7,9H2,1H3. The summed E-state index contributed by atoms with van der Waals surface area (Å²) in [4.78, 5) is 33.3. The van der Waals surface area contributed by atoms with Crippen LogP contribution in [0.2, 0.25) is 0 Å². The predicted octanol–water partition coefficient (Wildman–Crippen LogP) is 3.54. The summed E-state index contributed by atoms with van der Waals surface area (Å²) in [6.45, 7) is 3.25. The van der Waals surface area contributed by atoms with Crippen molar-refractivity contribution in [2.75, 3.05) is 19.7 Å². The van der Waals surface area contributed by atoms with Crippen LogP contribution in [0.3, 0.4) is 0 Å². The van der Waals surface area contributed by atoms with Crippen LogP contribution in [0.5, 0.6) is 0 Å². The molecule has 8 heteroatoms. The molecule has 0 radical (unpaired) electrons. The fourth-order valence-corrected chi connectivity index (χ4v) is 4.78. The zero-order valence-corrected chi connectivity index (χ0v) is 16.0. The number of hydrogen-bond donors (Lipinski definition) is 0. The maximum absolute atomic E-state index is 13.0. The maximum atomic E-state index is 13.0. The number of piperidine rings is 1. The molecule has 0 aromatic carbocycles. The van der Waals surface area contributed by atoms with Gasteiger partial charge in [-0.1, -0.05) is 6.07 Å². The van der Waals surface area contributed by atoms with Crippen molar-refractivity contribution in [2.45, 2.75) is 19.8 Å². The van der Waals surface area contributed by atoms with Crippen LogP contribution in [-0.2, 0) is 9.53 Å². The van der Waals surface area contributed by atoms with E-state index in [0.29, 0.717) is 25.4 Å². The van der Waals surface area contributed by atoms with Crippen molar-refractivity contribution in [1.82, 2.24) is 14.3 Å². The van der Waals surface area contributed by atoms with Gasteiger partial charge in [-0.15, -0.1) is 22.7 Å². The van der Waals surface area contributed by atoms with Crippen LogP contribution in [0.25, 0.3) is 15.5 Å². The Morgan fingerprint density at radius 2 is 2.27 bits per heavy atom. The van der Waals surface area contributed by atoms with E-state index in [2.05, 4.69) is 4.98 Å². The minimum Gasteiger partial charge on any atom is -0.466 e. The fraction of sp³-hybridized carbons (Fsp3) is 0.389. The quantitative estimate of drug-likeness (QED) is 0.640. The van der Waals surface area contributed by atoms with E-state index >= 15 is 0 Å². The monoisotopic (exact) mass is 389 g/mol.